The van der Waals surface area contributed by atoms with Crippen LogP contribution in [0.5, 0.6) is 0 Å². The summed E-state index contributed by atoms with van der Waals surface area (Å²) in [7, 11) is 0. The van der Waals surface area contributed by atoms with Crippen molar-refractivity contribution in [1.82, 2.24) is 0 Å². The SMILES string of the molecule is Cc1ccccc1CN(CC(=O)O)c1cccc(Cl)c1. The van der Waals surface area contributed by atoms with Crippen molar-refractivity contribution in [3.05, 3.63) is 64.7 Å². The Hall–Kier alpha value is -2.00. The van der Waals surface area contributed by atoms with Crippen LogP contribution < -0.4 is 4.90 Å². The maximum absolute atomic E-state index is 11.1. The van der Waals surface area contributed by atoms with E-state index in [0.29, 0.717) is 11.6 Å². The lowest BCUT2D eigenvalue weighted by atomic mass is 10.1. The molecule has 0 atom stereocenters. The van der Waals surface area contributed by atoms with Crippen molar-refractivity contribution in [2.45, 2.75) is 13.5 Å². The quantitative estimate of drug-likeness (QED) is 0.911. The van der Waals surface area contributed by atoms with Crippen LogP contribution in [0.15, 0.2) is 48.5 Å². The van der Waals surface area contributed by atoms with Gasteiger partial charge in [-0.1, -0.05) is 41.9 Å². The molecule has 0 spiro atoms. The van der Waals surface area contributed by atoms with E-state index in [1.807, 2.05) is 43.3 Å². The van der Waals surface area contributed by atoms with Crippen LogP contribution in [0.1, 0.15) is 11.1 Å². The van der Waals surface area contributed by atoms with E-state index in [0.717, 1.165) is 16.8 Å². The van der Waals surface area contributed by atoms with Gasteiger partial charge in [0.1, 0.15) is 6.54 Å². The van der Waals surface area contributed by atoms with Crippen LogP contribution in [0.4, 0.5) is 5.69 Å². The highest BCUT2D eigenvalue weighted by Gasteiger charge is 2.12. The highest BCUT2D eigenvalue weighted by Crippen LogP contribution is 2.22. The van der Waals surface area contributed by atoms with Gasteiger partial charge in [0.05, 0.1) is 0 Å². The van der Waals surface area contributed by atoms with Crippen molar-refractivity contribution in [1.29, 1.82) is 0 Å². The number of aryl methyl sites for hydroxylation is 1. The lowest BCUT2D eigenvalue weighted by Crippen LogP contribution is -2.29. The van der Waals surface area contributed by atoms with Crippen molar-refractivity contribution in [2.75, 3.05) is 11.4 Å². The highest BCUT2D eigenvalue weighted by molar-refractivity contribution is 6.30. The molecule has 0 aliphatic rings. The Kier molecular flexibility index (Phi) is 4.64. The molecule has 0 bridgehead atoms. The normalized spacial score (nSPS) is 10.3. The molecule has 2 rings (SSSR count). The predicted molar refractivity (Wildman–Crippen MR) is 81.3 cm³/mol. The number of rotatable bonds is 5. The number of hydrogen-bond donors (Lipinski definition) is 1. The Morgan fingerprint density at radius 2 is 1.95 bits per heavy atom. The van der Waals surface area contributed by atoms with Crippen molar-refractivity contribution in [3.8, 4) is 0 Å². The molecule has 0 unspecified atom stereocenters. The van der Waals surface area contributed by atoms with Gasteiger partial charge in [0.2, 0.25) is 0 Å². The molecule has 1 N–H and O–H groups in total. The fourth-order valence-corrected chi connectivity index (χ4v) is 2.25. The molecule has 2 aromatic carbocycles. The van der Waals surface area contributed by atoms with Crippen LogP contribution in [0.25, 0.3) is 0 Å². The lowest BCUT2D eigenvalue weighted by Gasteiger charge is -2.24. The number of carbonyl (C=O) groups is 1. The molecule has 0 saturated heterocycles. The summed E-state index contributed by atoms with van der Waals surface area (Å²) in [5, 5.41) is 9.69. The molecule has 0 heterocycles. The second-order valence-electron chi connectivity index (χ2n) is 4.66. The minimum atomic E-state index is -0.862. The number of nitrogens with zero attached hydrogens (tertiary/aromatic N) is 1. The molecular weight excluding hydrogens is 274 g/mol. The maximum atomic E-state index is 11.1. The molecule has 0 fully saturated rings. The second-order valence-corrected chi connectivity index (χ2v) is 5.09. The summed E-state index contributed by atoms with van der Waals surface area (Å²) in [5.74, 6) is -0.862. The van der Waals surface area contributed by atoms with E-state index < -0.39 is 5.97 Å². The van der Waals surface area contributed by atoms with E-state index in [-0.39, 0.29) is 6.54 Å². The predicted octanol–water partition coefficient (Wildman–Crippen LogP) is 3.74. The lowest BCUT2D eigenvalue weighted by molar-refractivity contribution is -0.135. The van der Waals surface area contributed by atoms with Crippen molar-refractivity contribution in [2.24, 2.45) is 0 Å². The number of carboxylic acid groups (broad SMARTS) is 1. The minimum absolute atomic E-state index is 0.0608. The van der Waals surface area contributed by atoms with Gasteiger partial charge < -0.3 is 10.0 Å². The van der Waals surface area contributed by atoms with E-state index in [4.69, 9.17) is 16.7 Å². The van der Waals surface area contributed by atoms with Crippen LogP contribution in [0, 0.1) is 6.92 Å². The average Bonchev–Trinajstić information content (AvgIpc) is 2.40. The Labute approximate surface area is 123 Å². The summed E-state index contributed by atoms with van der Waals surface area (Å²) in [6.45, 7) is 2.50. The monoisotopic (exact) mass is 289 g/mol. The molecule has 0 aromatic heterocycles. The average molecular weight is 290 g/mol. The first-order valence-corrected chi connectivity index (χ1v) is 6.71. The van der Waals surface area contributed by atoms with E-state index in [1.165, 1.54) is 0 Å². The topological polar surface area (TPSA) is 40.5 Å². The Morgan fingerprint density at radius 1 is 1.20 bits per heavy atom. The van der Waals surface area contributed by atoms with E-state index in [2.05, 4.69) is 0 Å². The van der Waals surface area contributed by atoms with Gasteiger partial charge in [-0.3, -0.25) is 4.79 Å². The standard InChI is InChI=1S/C16H16ClNO2/c1-12-5-2-3-6-13(12)10-18(11-16(19)20)15-8-4-7-14(17)9-15/h2-9H,10-11H2,1H3,(H,19,20). The molecular formula is C16H16ClNO2. The summed E-state index contributed by atoms with van der Waals surface area (Å²) in [4.78, 5) is 12.9. The first-order chi connectivity index (χ1) is 9.56. The van der Waals surface area contributed by atoms with Crippen LogP contribution in [0.2, 0.25) is 5.02 Å². The molecule has 4 heteroatoms. The van der Waals surface area contributed by atoms with Crippen molar-refractivity contribution in [3.63, 3.8) is 0 Å². The third-order valence-corrected chi connectivity index (χ3v) is 3.36. The van der Waals surface area contributed by atoms with Crippen LogP contribution >= 0.6 is 11.6 Å². The molecule has 3 nitrogen and oxygen atoms in total. The van der Waals surface area contributed by atoms with Gasteiger partial charge >= 0.3 is 5.97 Å². The molecule has 0 amide bonds. The van der Waals surface area contributed by atoms with Gasteiger partial charge in [0.15, 0.2) is 0 Å². The Morgan fingerprint density at radius 3 is 2.60 bits per heavy atom. The van der Waals surface area contributed by atoms with Crippen LogP contribution in [0.3, 0.4) is 0 Å². The summed E-state index contributed by atoms with van der Waals surface area (Å²) in [6, 6.07) is 15.2. The molecule has 0 radical (unpaired) electrons. The number of aliphatic carboxylic acids is 1. The minimum Gasteiger partial charge on any atom is -0.480 e. The first kappa shape index (κ1) is 14.4. The number of halogens is 1. The van der Waals surface area contributed by atoms with E-state index >= 15 is 0 Å². The van der Waals surface area contributed by atoms with Crippen LogP contribution in [-0.4, -0.2) is 17.6 Å². The molecule has 104 valence electrons. The van der Waals surface area contributed by atoms with Crippen molar-refractivity contribution < 1.29 is 9.90 Å². The highest BCUT2D eigenvalue weighted by atomic mass is 35.5. The van der Waals surface area contributed by atoms with Gasteiger partial charge in [0, 0.05) is 17.3 Å². The largest absolute Gasteiger partial charge is 0.480 e. The zero-order valence-electron chi connectivity index (χ0n) is 11.2. The second kappa shape index (κ2) is 6.44. The first-order valence-electron chi connectivity index (χ1n) is 6.33. The van der Waals surface area contributed by atoms with Crippen LogP contribution in [-0.2, 0) is 11.3 Å². The van der Waals surface area contributed by atoms with Gasteiger partial charge in [-0.05, 0) is 36.2 Å². The van der Waals surface area contributed by atoms with Gasteiger partial charge in [0.25, 0.3) is 0 Å². The molecule has 0 aliphatic heterocycles. The van der Waals surface area contributed by atoms with Gasteiger partial charge in [-0.15, -0.1) is 0 Å². The van der Waals surface area contributed by atoms with E-state index in [1.54, 1.807) is 17.0 Å². The third kappa shape index (κ3) is 3.75. The van der Waals surface area contributed by atoms with E-state index in [9.17, 15) is 4.79 Å². The fourth-order valence-electron chi connectivity index (χ4n) is 2.07. The number of hydrogen-bond acceptors (Lipinski definition) is 2. The van der Waals surface area contributed by atoms with Crippen molar-refractivity contribution >= 4 is 23.3 Å². The summed E-state index contributed by atoms with van der Waals surface area (Å²) in [6.07, 6.45) is 0. The Balaban J connectivity index is 2.29. The summed E-state index contributed by atoms with van der Waals surface area (Å²) in [5.41, 5.74) is 3.06. The van der Waals surface area contributed by atoms with Gasteiger partial charge in [-0.2, -0.15) is 0 Å². The molecule has 20 heavy (non-hydrogen) atoms. The fraction of sp³-hybridized carbons (Fsp3) is 0.188. The zero-order chi connectivity index (χ0) is 14.5. The maximum Gasteiger partial charge on any atom is 0.323 e. The molecule has 0 aliphatic carbocycles. The smallest absolute Gasteiger partial charge is 0.323 e. The molecule has 2 aromatic rings. The van der Waals surface area contributed by atoms with Gasteiger partial charge in [-0.25, -0.2) is 0 Å². The number of benzene rings is 2. The third-order valence-electron chi connectivity index (χ3n) is 3.12. The number of anilines is 1. The Bertz CT molecular complexity index is 613. The summed E-state index contributed by atoms with van der Waals surface area (Å²) < 4.78 is 0. The summed E-state index contributed by atoms with van der Waals surface area (Å²) >= 11 is 5.99. The molecule has 0 saturated carbocycles. The zero-order valence-corrected chi connectivity index (χ0v) is 12.0. The number of carboxylic acids is 1.